The van der Waals surface area contributed by atoms with Gasteiger partial charge in [-0.3, -0.25) is 4.99 Å². The van der Waals surface area contributed by atoms with Crippen LogP contribution in [0.2, 0.25) is 0 Å². The van der Waals surface area contributed by atoms with Crippen molar-refractivity contribution in [3.05, 3.63) is 228 Å². The third-order valence-electron chi connectivity index (χ3n) is 11.7. The molecule has 3 atom stereocenters. The van der Waals surface area contributed by atoms with Gasteiger partial charge < -0.3 is 9.47 Å². The molecule has 8 aromatic rings. The van der Waals surface area contributed by atoms with Crippen LogP contribution in [0.4, 0.5) is 11.4 Å². The molecular weight excluding hydrogens is 681 g/mol. The zero-order valence-corrected chi connectivity index (χ0v) is 30.8. The molecule has 4 nitrogen and oxygen atoms in total. The maximum absolute atomic E-state index is 5.39. The smallest absolute Gasteiger partial charge is 0.155 e. The van der Waals surface area contributed by atoms with Crippen molar-refractivity contribution in [2.24, 2.45) is 9.98 Å². The predicted molar refractivity (Wildman–Crippen MR) is 233 cm³/mol. The number of amidine groups is 1. The Labute approximate surface area is 326 Å². The van der Waals surface area contributed by atoms with E-state index in [1.807, 2.05) is 6.07 Å². The van der Waals surface area contributed by atoms with Crippen molar-refractivity contribution in [2.45, 2.75) is 24.4 Å². The summed E-state index contributed by atoms with van der Waals surface area (Å²) in [4.78, 5) is 13.2. The molecule has 56 heavy (non-hydrogen) atoms. The van der Waals surface area contributed by atoms with Gasteiger partial charge in [0, 0.05) is 45.6 Å². The van der Waals surface area contributed by atoms with Gasteiger partial charge in [0.05, 0.1) is 34.5 Å². The molecule has 1 aromatic heterocycles. The summed E-state index contributed by atoms with van der Waals surface area (Å²) in [5, 5.41) is 2.52. The second kappa shape index (κ2) is 13.4. The standard InChI is InChI=1S/C52H38N4/c1-5-17-35(18-6-1)45-34-46(54-52(53-45)36-19-7-2-8-20-36)42-27-15-28-43-50-40(26-16-30-49(50)56(51(42)43)39-23-11-4-12-24-39)37-31-32-48-44(33-37)41-25-13-14-29-47(41)55(48)38-21-9-3-10-22-38/h1-33,45,49-50H,34H2. The largest absolute Gasteiger partial charge is 0.333 e. The normalized spacial score (nSPS) is 18.7. The van der Waals surface area contributed by atoms with E-state index in [4.69, 9.17) is 9.98 Å². The molecule has 11 rings (SSSR count). The van der Waals surface area contributed by atoms with Crippen molar-refractivity contribution in [1.29, 1.82) is 0 Å². The Balaban J connectivity index is 1.08. The Morgan fingerprint density at radius 1 is 0.554 bits per heavy atom. The van der Waals surface area contributed by atoms with Gasteiger partial charge in [-0.2, -0.15) is 0 Å². The zero-order valence-electron chi connectivity index (χ0n) is 30.8. The second-order valence-corrected chi connectivity index (χ2v) is 14.9. The van der Waals surface area contributed by atoms with Crippen LogP contribution in [-0.2, 0) is 0 Å². The number of aliphatic imine (C=N–C) groups is 2. The highest BCUT2D eigenvalue weighted by atomic mass is 15.2. The molecule has 0 radical (unpaired) electrons. The van der Waals surface area contributed by atoms with Crippen molar-refractivity contribution in [1.82, 2.24) is 4.57 Å². The summed E-state index contributed by atoms with van der Waals surface area (Å²) in [6, 6.07) is 65.4. The van der Waals surface area contributed by atoms with Gasteiger partial charge in [0.1, 0.15) is 0 Å². The molecule has 0 saturated heterocycles. The molecule has 3 unspecified atom stereocenters. The third kappa shape index (κ3) is 5.29. The lowest BCUT2D eigenvalue weighted by Crippen LogP contribution is -2.30. The van der Waals surface area contributed by atoms with Crippen molar-refractivity contribution in [3.8, 4) is 5.69 Å². The number of rotatable bonds is 6. The van der Waals surface area contributed by atoms with E-state index in [0.717, 1.165) is 23.5 Å². The second-order valence-electron chi connectivity index (χ2n) is 14.9. The number of aromatic nitrogens is 1. The zero-order chi connectivity index (χ0) is 37.0. The van der Waals surface area contributed by atoms with Crippen LogP contribution in [-0.4, -0.2) is 22.2 Å². The molecule has 3 aliphatic rings. The number of benzene rings is 7. The van der Waals surface area contributed by atoms with Gasteiger partial charge in [-0.1, -0.05) is 158 Å². The van der Waals surface area contributed by atoms with Crippen LogP contribution in [0.25, 0.3) is 33.1 Å². The van der Waals surface area contributed by atoms with Crippen molar-refractivity contribution < 1.29 is 0 Å². The lowest BCUT2D eigenvalue weighted by molar-refractivity contribution is 0.752. The van der Waals surface area contributed by atoms with E-state index in [0.29, 0.717) is 0 Å². The van der Waals surface area contributed by atoms with E-state index in [-0.39, 0.29) is 18.0 Å². The third-order valence-corrected chi connectivity index (χ3v) is 11.7. The van der Waals surface area contributed by atoms with Crippen LogP contribution in [0, 0.1) is 0 Å². The first-order valence-corrected chi connectivity index (χ1v) is 19.5. The first kappa shape index (κ1) is 32.4. The number of allylic oxidation sites excluding steroid dienone is 2. The topological polar surface area (TPSA) is 32.9 Å². The maximum Gasteiger partial charge on any atom is 0.155 e. The lowest BCUT2D eigenvalue weighted by atomic mass is 9.80. The summed E-state index contributed by atoms with van der Waals surface area (Å²) in [7, 11) is 0. The average Bonchev–Trinajstić information content (AvgIpc) is 3.80. The van der Waals surface area contributed by atoms with E-state index in [1.165, 1.54) is 66.7 Å². The van der Waals surface area contributed by atoms with Gasteiger partial charge >= 0.3 is 0 Å². The first-order chi connectivity index (χ1) is 27.8. The van der Waals surface area contributed by atoms with Gasteiger partial charge in [-0.15, -0.1) is 0 Å². The molecule has 0 bridgehead atoms. The van der Waals surface area contributed by atoms with Crippen molar-refractivity contribution >= 4 is 50.3 Å². The molecule has 2 aliphatic heterocycles. The Bertz CT molecular complexity index is 2880. The molecule has 4 heteroatoms. The summed E-state index contributed by atoms with van der Waals surface area (Å²) in [5.41, 5.74) is 14.4. The number of hydrogen-bond acceptors (Lipinski definition) is 3. The monoisotopic (exact) mass is 718 g/mol. The summed E-state index contributed by atoms with van der Waals surface area (Å²) in [5.74, 6) is 0.898. The van der Waals surface area contributed by atoms with Crippen LogP contribution in [0.3, 0.4) is 0 Å². The van der Waals surface area contributed by atoms with Gasteiger partial charge in [-0.05, 0) is 64.7 Å². The molecule has 0 spiro atoms. The van der Waals surface area contributed by atoms with Gasteiger partial charge in [0.25, 0.3) is 0 Å². The average molecular weight is 719 g/mol. The number of fused-ring (bicyclic) bond motifs is 6. The molecule has 3 heterocycles. The predicted octanol–water partition coefficient (Wildman–Crippen LogP) is 12.4. The Morgan fingerprint density at radius 3 is 2.02 bits per heavy atom. The maximum atomic E-state index is 5.39. The fourth-order valence-corrected chi connectivity index (χ4v) is 9.24. The first-order valence-electron chi connectivity index (χ1n) is 19.5. The highest BCUT2D eigenvalue weighted by Gasteiger charge is 2.43. The minimum absolute atomic E-state index is 0.0382. The number of anilines is 2. The molecule has 0 fully saturated rings. The van der Waals surface area contributed by atoms with Crippen LogP contribution in [0.5, 0.6) is 0 Å². The fraction of sp³-hybridized carbons (Fsp3) is 0.0769. The molecule has 0 amide bonds. The molecule has 266 valence electrons. The molecule has 7 aromatic carbocycles. The van der Waals surface area contributed by atoms with E-state index >= 15 is 0 Å². The van der Waals surface area contributed by atoms with Crippen molar-refractivity contribution in [2.75, 3.05) is 4.90 Å². The van der Waals surface area contributed by atoms with E-state index in [9.17, 15) is 0 Å². The minimum atomic E-state index is -0.0382. The van der Waals surface area contributed by atoms with Crippen LogP contribution >= 0.6 is 0 Å². The van der Waals surface area contributed by atoms with Crippen LogP contribution in [0.15, 0.2) is 210 Å². The summed E-state index contributed by atoms with van der Waals surface area (Å²) < 4.78 is 2.39. The van der Waals surface area contributed by atoms with Gasteiger partial charge in [0.2, 0.25) is 0 Å². The van der Waals surface area contributed by atoms with E-state index in [2.05, 4.69) is 204 Å². The molecule has 0 N–H and O–H groups in total. The van der Waals surface area contributed by atoms with Gasteiger partial charge in [-0.25, -0.2) is 4.99 Å². The Morgan fingerprint density at radius 2 is 1.23 bits per heavy atom. The van der Waals surface area contributed by atoms with Crippen LogP contribution in [0.1, 0.15) is 46.2 Å². The van der Waals surface area contributed by atoms with Gasteiger partial charge in [0.15, 0.2) is 5.84 Å². The van der Waals surface area contributed by atoms with E-state index < -0.39 is 0 Å². The Hall–Kier alpha value is -7.04. The highest BCUT2D eigenvalue weighted by Crippen LogP contribution is 2.54. The summed E-state index contributed by atoms with van der Waals surface area (Å²) >= 11 is 0. The Kier molecular flexibility index (Phi) is 7.73. The molecule has 1 aliphatic carbocycles. The van der Waals surface area contributed by atoms with E-state index in [1.54, 1.807) is 0 Å². The quantitative estimate of drug-likeness (QED) is 0.168. The van der Waals surface area contributed by atoms with Crippen molar-refractivity contribution in [3.63, 3.8) is 0 Å². The number of para-hydroxylation sites is 4. The molecule has 0 saturated carbocycles. The highest BCUT2D eigenvalue weighted by molar-refractivity contribution is 6.17. The summed E-state index contributed by atoms with van der Waals surface area (Å²) in [6.45, 7) is 0. The SMILES string of the molecule is C1=CC2C(C(c3ccc4c(c3)c3ccccc3n4-c3ccccc3)=C1)c1cccc(C3=NC(c4ccccc4)=NC(c4ccccc4)C3)c1N2c1ccccc1. The minimum Gasteiger partial charge on any atom is -0.333 e. The van der Waals surface area contributed by atoms with Crippen LogP contribution < -0.4 is 4.90 Å². The number of nitrogens with zero attached hydrogens (tertiary/aromatic N) is 4. The summed E-state index contributed by atoms with van der Waals surface area (Å²) in [6.07, 6.45) is 7.71. The number of hydrogen-bond donors (Lipinski definition) is 0. The fourth-order valence-electron chi connectivity index (χ4n) is 9.24. The lowest BCUT2D eigenvalue weighted by Gasteiger charge is -2.32. The molecular formula is C52H38N4.